The van der Waals surface area contributed by atoms with Gasteiger partial charge in [0, 0.05) is 6.54 Å². The molecule has 1 aliphatic heterocycles. The molecule has 0 radical (unpaired) electrons. The van der Waals surface area contributed by atoms with Gasteiger partial charge >= 0.3 is 6.03 Å². The Hall–Kier alpha value is -2.37. The number of nitrogens with zero attached hydrogens (tertiary/aromatic N) is 1. The van der Waals surface area contributed by atoms with Gasteiger partial charge in [0.05, 0.1) is 0 Å². The van der Waals surface area contributed by atoms with E-state index in [1.165, 1.54) is 0 Å². The molecule has 1 saturated heterocycles. The number of carbonyl (C=O) groups is 3. The molecule has 6 heteroatoms. The number of carbonyl (C=O) groups excluding carboxylic acids is 3. The van der Waals surface area contributed by atoms with Gasteiger partial charge < -0.3 is 10.6 Å². The molecule has 1 heterocycles. The summed E-state index contributed by atoms with van der Waals surface area (Å²) in [5, 5.41) is 5.38. The fraction of sp³-hybridized carbons (Fsp3) is 0.438. The molecular weight excluding hydrogens is 282 g/mol. The molecule has 2 N–H and O–H groups in total. The van der Waals surface area contributed by atoms with Crippen molar-refractivity contribution >= 4 is 17.8 Å². The predicted molar refractivity (Wildman–Crippen MR) is 81.8 cm³/mol. The minimum atomic E-state index is -0.897. The number of amides is 4. The predicted octanol–water partition coefficient (Wildman–Crippen LogP) is 1.41. The van der Waals surface area contributed by atoms with Gasteiger partial charge in [-0.15, -0.1) is 0 Å². The monoisotopic (exact) mass is 303 g/mol. The van der Waals surface area contributed by atoms with E-state index in [1.54, 1.807) is 6.92 Å². The summed E-state index contributed by atoms with van der Waals surface area (Å²) < 4.78 is 0. The van der Waals surface area contributed by atoms with E-state index in [9.17, 15) is 14.4 Å². The van der Waals surface area contributed by atoms with Gasteiger partial charge in [0.2, 0.25) is 5.91 Å². The molecule has 1 fully saturated rings. The van der Waals surface area contributed by atoms with Crippen molar-refractivity contribution < 1.29 is 14.4 Å². The molecule has 1 aromatic carbocycles. The molecular formula is C16H21N3O3. The minimum absolute atomic E-state index is 0.253. The highest BCUT2D eigenvalue weighted by Gasteiger charge is 2.47. The molecule has 1 aliphatic rings. The first-order valence-electron chi connectivity index (χ1n) is 7.41. The van der Waals surface area contributed by atoms with Gasteiger partial charge in [-0.25, -0.2) is 4.79 Å². The number of hydrogen-bond donors (Lipinski definition) is 2. The first-order valence-corrected chi connectivity index (χ1v) is 7.41. The molecule has 2 rings (SSSR count). The van der Waals surface area contributed by atoms with E-state index in [-0.39, 0.29) is 18.4 Å². The summed E-state index contributed by atoms with van der Waals surface area (Å²) in [6.07, 6.45) is 1.33. The average Bonchev–Trinajstić information content (AvgIpc) is 2.70. The largest absolute Gasteiger partial charge is 0.350 e. The van der Waals surface area contributed by atoms with Gasteiger partial charge in [-0.3, -0.25) is 14.5 Å². The van der Waals surface area contributed by atoms with Crippen LogP contribution in [0.4, 0.5) is 4.79 Å². The Morgan fingerprint density at radius 2 is 1.95 bits per heavy atom. The van der Waals surface area contributed by atoms with Crippen molar-refractivity contribution in [1.29, 1.82) is 0 Å². The van der Waals surface area contributed by atoms with Crippen molar-refractivity contribution in [2.45, 2.75) is 38.8 Å². The third-order valence-corrected chi connectivity index (χ3v) is 3.73. The van der Waals surface area contributed by atoms with Crippen LogP contribution in [0.1, 0.15) is 32.3 Å². The molecule has 4 amide bonds. The van der Waals surface area contributed by atoms with E-state index in [0.717, 1.165) is 16.9 Å². The second-order valence-electron chi connectivity index (χ2n) is 5.67. The Labute approximate surface area is 129 Å². The lowest BCUT2D eigenvalue weighted by atomic mass is 9.96. The number of benzene rings is 1. The zero-order valence-corrected chi connectivity index (χ0v) is 12.9. The van der Waals surface area contributed by atoms with E-state index in [4.69, 9.17) is 0 Å². The normalized spacial score (nSPS) is 20.9. The molecule has 0 aliphatic carbocycles. The van der Waals surface area contributed by atoms with E-state index >= 15 is 0 Å². The van der Waals surface area contributed by atoms with Crippen LogP contribution in [0.5, 0.6) is 0 Å². The smallest absolute Gasteiger partial charge is 0.325 e. The molecule has 1 atom stereocenters. The summed E-state index contributed by atoms with van der Waals surface area (Å²) in [5.41, 5.74) is 0.0646. The fourth-order valence-corrected chi connectivity index (χ4v) is 2.56. The zero-order valence-electron chi connectivity index (χ0n) is 12.9. The van der Waals surface area contributed by atoms with Crippen LogP contribution in [-0.4, -0.2) is 34.8 Å². The maximum absolute atomic E-state index is 12.3. The van der Waals surface area contributed by atoms with Gasteiger partial charge in [-0.2, -0.15) is 0 Å². The van der Waals surface area contributed by atoms with Crippen LogP contribution in [0.3, 0.4) is 0 Å². The Bertz CT molecular complexity index is 573. The topological polar surface area (TPSA) is 78.5 Å². The van der Waals surface area contributed by atoms with Gasteiger partial charge in [-0.05, 0) is 18.9 Å². The quantitative estimate of drug-likeness (QED) is 0.780. The fourth-order valence-electron chi connectivity index (χ4n) is 2.56. The minimum Gasteiger partial charge on any atom is -0.350 e. The zero-order chi connectivity index (χ0) is 16.2. The Kier molecular flexibility index (Phi) is 4.80. The second-order valence-corrected chi connectivity index (χ2v) is 5.67. The molecule has 118 valence electrons. The maximum Gasteiger partial charge on any atom is 0.325 e. The Balaban J connectivity index is 1.91. The first kappa shape index (κ1) is 16.0. The molecule has 0 aromatic heterocycles. The van der Waals surface area contributed by atoms with Crippen molar-refractivity contribution in [1.82, 2.24) is 15.5 Å². The lowest BCUT2D eigenvalue weighted by Crippen LogP contribution is -2.45. The summed E-state index contributed by atoms with van der Waals surface area (Å²) in [6.45, 7) is 3.75. The van der Waals surface area contributed by atoms with Crippen LogP contribution < -0.4 is 10.6 Å². The van der Waals surface area contributed by atoms with E-state index < -0.39 is 11.6 Å². The molecule has 0 spiro atoms. The number of hydrogen-bond acceptors (Lipinski definition) is 3. The van der Waals surface area contributed by atoms with E-state index in [1.807, 2.05) is 37.3 Å². The molecule has 22 heavy (non-hydrogen) atoms. The molecule has 0 saturated carbocycles. The van der Waals surface area contributed by atoms with Crippen LogP contribution in [0, 0.1) is 0 Å². The Morgan fingerprint density at radius 3 is 2.59 bits per heavy atom. The number of urea groups is 1. The SMILES string of the molecule is CCC[C@@]1(C)NC(=O)N(CC(=O)NCc2ccccc2)C1=O. The number of rotatable bonds is 6. The summed E-state index contributed by atoms with van der Waals surface area (Å²) in [4.78, 5) is 37.1. The maximum atomic E-state index is 12.3. The molecule has 6 nitrogen and oxygen atoms in total. The summed E-state index contributed by atoms with van der Waals surface area (Å²) >= 11 is 0. The highest BCUT2D eigenvalue weighted by Crippen LogP contribution is 2.22. The van der Waals surface area contributed by atoms with Crippen molar-refractivity contribution in [2.24, 2.45) is 0 Å². The third kappa shape index (κ3) is 3.44. The highest BCUT2D eigenvalue weighted by atomic mass is 16.2. The van der Waals surface area contributed by atoms with Crippen LogP contribution in [0.25, 0.3) is 0 Å². The molecule has 0 unspecified atom stereocenters. The van der Waals surface area contributed by atoms with Gasteiger partial charge in [0.15, 0.2) is 0 Å². The summed E-state index contributed by atoms with van der Waals surface area (Å²) in [5.74, 6) is -0.692. The van der Waals surface area contributed by atoms with Crippen molar-refractivity contribution in [3.63, 3.8) is 0 Å². The highest BCUT2D eigenvalue weighted by molar-refractivity contribution is 6.08. The number of nitrogens with one attached hydrogen (secondary N) is 2. The molecule has 1 aromatic rings. The summed E-state index contributed by atoms with van der Waals surface area (Å²) in [7, 11) is 0. The van der Waals surface area contributed by atoms with Gasteiger partial charge in [-0.1, -0.05) is 43.7 Å². The lowest BCUT2D eigenvalue weighted by molar-refractivity contribution is -0.134. The van der Waals surface area contributed by atoms with Crippen molar-refractivity contribution in [3.05, 3.63) is 35.9 Å². The molecule has 0 bridgehead atoms. The van der Waals surface area contributed by atoms with Crippen LogP contribution in [0.2, 0.25) is 0 Å². The van der Waals surface area contributed by atoms with Crippen LogP contribution in [0.15, 0.2) is 30.3 Å². The first-order chi connectivity index (χ1) is 10.5. The standard InChI is InChI=1S/C16H21N3O3/c1-3-9-16(2)14(21)19(15(22)18-16)11-13(20)17-10-12-7-5-4-6-8-12/h4-8H,3,9-11H2,1-2H3,(H,17,20)(H,18,22)/t16-/m1/s1. The lowest BCUT2D eigenvalue weighted by Gasteiger charge is -2.20. The number of imide groups is 1. The van der Waals surface area contributed by atoms with Crippen LogP contribution >= 0.6 is 0 Å². The van der Waals surface area contributed by atoms with Crippen molar-refractivity contribution in [3.8, 4) is 0 Å². The second kappa shape index (κ2) is 6.60. The van der Waals surface area contributed by atoms with Crippen LogP contribution in [-0.2, 0) is 16.1 Å². The summed E-state index contributed by atoms with van der Waals surface area (Å²) in [6, 6.07) is 8.95. The van der Waals surface area contributed by atoms with Gasteiger partial charge in [0.25, 0.3) is 5.91 Å². The van der Waals surface area contributed by atoms with E-state index in [2.05, 4.69) is 10.6 Å². The Morgan fingerprint density at radius 1 is 1.27 bits per heavy atom. The third-order valence-electron chi connectivity index (χ3n) is 3.73. The van der Waals surface area contributed by atoms with Crippen molar-refractivity contribution in [2.75, 3.05) is 6.54 Å². The van der Waals surface area contributed by atoms with E-state index in [0.29, 0.717) is 13.0 Å². The van der Waals surface area contributed by atoms with Gasteiger partial charge in [0.1, 0.15) is 12.1 Å². The average molecular weight is 303 g/mol.